The van der Waals surface area contributed by atoms with Gasteiger partial charge in [-0.3, -0.25) is 9.69 Å². The van der Waals surface area contributed by atoms with Crippen LogP contribution in [0, 0.1) is 6.57 Å². The Hall–Kier alpha value is -3.58. The fourth-order valence-electron chi connectivity index (χ4n) is 4.88. The molecule has 1 spiro atoms. The first-order valence-corrected chi connectivity index (χ1v) is 11.1. The quantitative estimate of drug-likeness (QED) is 0.461. The van der Waals surface area contributed by atoms with Gasteiger partial charge in [0, 0.05) is 19.3 Å². The van der Waals surface area contributed by atoms with Crippen LogP contribution in [0.25, 0.3) is 4.85 Å². The molecule has 0 aromatic heterocycles. The monoisotopic (exact) mass is 487 g/mol. The first-order valence-electron chi connectivity index (χ1n) is 11.1. The zero-order chi connectivity index (χ0) is 25.4. The van der Waals surface area contributed by atoms with Crippen LogP contribution in [0.2, 0.25) is 0 Å². The molecule has 184 valence electrons. The van der Waals surface area contributed by atoms with Gasteiger partial charge >= 0.3 is 12.1 Å². The number of carbonyl (C=O) groups excluding carboxylic acids is 2. The molecule has 10 heteroatoms. The number of halogens is 3. The minimum absolute atomic E-state index is 0.00616. The standard InChI is InChI=1S/C25H24F3N3O4/c1-29-16-4-7-21-20(14-16)24(23(33)30(21)2)8-10-31(11-9-24)12-13-35-17-5-6-18(22(32)34-3)19(15-17)25(26,27)28/h4-7,14-15H,8-13H2,2-3H3. The fraction of sp³-hybridized carbons (Fsp3) is 0.400. The maximum Gasteiger partial charge on any atom is 0.417 e. The highest BCUT2D eigenvalue weighted by atomic mass is 19.4. The number of nitrogens with zero attached hydrogens (tertiary/aromatic N) is 3. The number of hydrogen-bond donors (Lipinski definition) is 0. The van der Waals surface area contributed by atoms with Gasteiger partial charge in [-0.05, 0) is 55.8 Å². The first kappa shape index (κ1) is 24.5. The number of likely N-dealkylation sites (N-methyl/N-ethyl adjacent to an activating group) is 1. The normalized spacial score (nSPS) is 17.3. The molecule has 0 atom stereocenters. The molecule has 7 nitrogen and oxygen atoms in total. The van der Waals surface area contributed by atoms with Gasteiger partial charge in [0.05, 0.1) is 30.2 Å². The molecule has 1 saturated heterocycles. The number of amides is 1. The molecule has 35 heavy (non-hydrogen) atoms. The Balaban J connectivity index is 1.40. The van der Waals surface area contributed by atoms with E-state index in [1.807, 2.05) is 6.07 Å². The van der Waals surface area contributed by atoms with Crippen molar-refractivity contribution in [1.29, 1.82) is 0 Å². The summed E-state index contributed by atoms with van der Waals surface area (Å²) in [5.41, 5.74) is -0.119. The molecule has 2 aliphatic heterocycles. The van der Waals surface area contributed by atoms with E-state index in [0.717, 1.165) is 30.5 Å². The SMILES string of the molecule is [C-]#[N+]c1ccc2c(c1)C1(CCN(CCOc3ccc(C(=O)OC)c(C(F)(F)F)c3)CC1)C(=O)N2C. The number of anilines is 1. The average molecular weight is 487 g/mol. The molecule has 1 amide bonds. The van der Waals surface area contributed by atoms with E-state index in [9.17, 15) is 22.8 Å². The minimum atomic E-state index is -4.73. The van der Waals surface area contributed by atoms with Crippen LogP contribution in [0.5, 0.6) is 5.75 Å². The fourth-order valence-corrected chi connectivity index (χ4v) is 4.88. The molecule has 2 heterocycles. The van der Waals surface area contributed by atoms with Crippen molar-refractivity contribution in [3.63, 3.8) is 0 Å². The van der Waals surface area contributed by atoms with Crippen molar-refractivity contribution in [2.75, 3.05) is 45.3 Å². The van der Waals surface area contributed by atoms with Crippen LogP contribution in [-0.2, 0) is 21.1 Å². The van der Waals surface area contributed by atoms with Gasteiger partial charge in [0.15, 0.2) is 5.69 Å². The summed E-state index contributed by atoms with van der Waals surface area (Å²) in [5, 5.41) is 0. The van der Waals surface area contributed by atoms with E-state index in [1.54, 1.807) is 24.1 Å². The van der Waals surface area contributed by atoms with Crippen LogP contribution >= 0.6 is 0 Å². The van der Waals surface area contributed by atoms with Crippen LogP contribution in [0.3, 0.4) is 0 Å². The maximum absolute atomic E-state index is 13.4. The molecular formula is C25H24F3N3O4. The number of fused-ring (bicyclic) bond motifs is 2. The number of esters is 1. The Morgan fingerprint density at radius 3 is 2.51 bits per heavy atom. The molecule has 2 aromatic carbocycles. The molecular weight excluding hydrogens is 463 g/mol. The predicted molar refractivity (Wildman–Crippen MR) is 122 cm³/mol. The highest BCUT2D eigenvalue weighted by molar-refractivity contribution is 6.08. The third-order valence-corrected chi connectivity index (χ3v) is 6.79. The second-order valence-electron chi connectivity index (χ2n) is 8.65. The summed E-state index contributed by atoms with van der Waals surface area (Å²) in [6.45, 7) is 9.13. The largest absolute Gasteiger partial charge is 0.492 e. The lowest BCUT2D eigenvalue weighted by atomic mass is 9.73. The number of hydrogen-bond acceptors (Lipinski definition) is 5. The summed E-state index contributed by atoms with van der Waals surface area (Å²) in [5.74, 6) is -1.04. The summed E-state index contributed by atoms with van der Waals surface area (Å²) < 4.78 is 50.1. The van der Waals surface area contributed by atoms with Crippen LogP contribution in [0.4, 0.5) is 24.5 Å². The third-order valence-electron chi connectivity index (χ3n) is 6.79. The Morgan fingerprint density at radius 2 is 1.89 bits per heavy atom. The summed E-state index contributed by atoms with van der Waals surface area (Å²) in [7, 11) is 2.77. The van der Waals surface area contributed by atoms with Crippen molar-refractivity contribution in [3.05, 3.63) is 64.5 Å². The predicted octanol–water partition coefficient (Wildman–Crippen LogP) is 4.43. The van der Waals surface area contributed by atoms with Crippen molar-refractivity contribution in [3.8, 4) is 5.75 Å². The number of methoxy groups -OCH3 is 1. The van der Waals surface area contributed by atoms with Gasteiger partial charge in [0.2, 0.25) is 5.91 Å². The Morgan fingerprint density at radius 1 is 1.17 bits per heavy atom. The molecule has 0 saturated carbocycles. The van der Waals surface area contributed by atoms with Gasteiger partial charge < -0.3 is 14.4 Å². The van der Waals surface area contributed by atoms with Crippen LogP contribution in [0.1, 0.15) is 34.3 Å². The highest BCUT2D eigenvalue weighted by Gasteiger charge is 2.50. The molecule has 4 rings (SSSR count). The van der Waals surface area contributed by atoms with Crippen LogP contribution < -0.4 is 9.64 Å². The van der Waals surface area contributed by atoms with Gasteiger partial charge in [-0.1, -0.05) is 12.1 Å². The van der Waals surface area contributed by atoms with Crippen molar-refractivity contribution < 1.29 is 32.2 Å². The maximum atomic E-state index is 13.4. The van der Waals surface area contributed by atoms with Gasteiger partial charge in [0.25, 0.3) is 0 Å². The van der Waals surface area contributed by atoms with E-state index >= 15 is 0 Å². The van der Waals surface area contributed by atoms with E-state index < -0.39 is 28.7 Å². The number of carbonyl (C=O) groups is 2. The van der Waals surface area contributed by atoms with Crippen LogP contribution in [0.15, 0.2) is 36.4 Å². The number of ether oxygens (including phenoxy) is 2. The Kier molecular flexibility index (Phi) is 6.47. The number of piperidine rings is 1. The van der Waals surface area contributed by atoms with Gasteiger partial charge in [-0.25, -0.2) is 9.64 Å². The van der Waals surface area contributed by atoms with E-state index in [1.165, 1.54) is 6.07 Å². The number of alkyl halides is 3. The number of likely N-dealkylation sites (tertiary alicyclic amines) is 1. The second-order valence-corrected chi connectivity index (χ2v) is 8.65. The first-order chi connectivity index (χ1) is 16.6. The zero-order valence-electron chi connectivity index (χ0n) is 19.3. The lowest BCUT2D eigenvalue weighted by molar-refractivity contribution is -0.138. The molecule has 0 radical (unpaired) electrons. The highest BCUT2D eigenvalue weighted by Crippen LogP contribution is 2.48. The molecule has 2 aliphatic rings. The second kappa shape index (κ2) is 9.23. The molecule has 0 N–H and O–H groups in total. The van der Waals surface area contributed by atoms with Crippen molar-refractivity contribution in [2.24, 2.45) is 0 Å². The number of rotatable bonds is 5. The van der Waals surface area contributed by atoms with E-state index in [0.29, 0.717) is 38.2 Å². The number of benzene rings is 2. The lowest BCUT2D eigenvalue weighted by Gasteiger charge is -2.38. The van der Waals surface area contributed by atoms with Gasteiger partial charge in [-0.2, -0.15) is 13.2 Å². The van der Waals surface area contributed by atoms with Crippen LogP contribution in [-0.4, -0.2) is 57.2 Å². The molecule has 0 unspecified atom stereocenters. The third kappa shape index (κ3) is 4.44. The topological polar surface area (TPSA) is 63.4 Å². The van der Waals surface area contributed by atoms with E-state index in [-0.39, 0.29) is 18.3 Å². The van der Waals surface area contributed by atoms with E-state index in [4.69, 9.17) is 11.3 Å². The Bertz CT molecular complexity index is 1200. The molecule has 0 aliphatic carbocycles. The summed E-state index contributed by atoms with van der Waals surface area (Å²) in [4.78, 5) is 32.0. The van der Waals surface area contributed by atoms with E-state index in [2.05, 4.69) is 14.5 Å². The van der Waals surface area contributed by atoms with Crippen molar-refractivity contribution in [2.45, 2.75) is 24.4 Å². The minimum Gasteiger partial charge on any atom is -0.492 e. The molecule has 0 bridgehead atoms. The Labute approximate surface area is 200 Å². The summed E-state index contributed by atoms with van der Waals surface area (Å²) >= 11 is 0. The molecule has 2 aromatic rings. The average Bonchev–Trinajstić information content (AvgIpc) is 3.05. The van der Waals surface area contributed by atoms with Crippen molar-refractivity contribution in [1.82, 2.24) is 4.90 Å². The molecule has 1 fully saturated rings. The summed E-state index contributed by atoms with van der Waals surface area (Å²) in [6, 6.07) is 8.49. The van der Waals surface area contributed by atoms with Crippen molar-refractivity contribution >= 4 is 23.3 Å². The summed E-state index contributed by atoms with van der Waals surface area (Å²) in [6.07, 6.45) is -3.57. The smallest absolute Gasteiger partial charge is 0.417 e. The lowest BCUT2D eigenvalue weighted by Crippen LogP contribution is -2.48. The van der Waals surface area contributed by atoms with Gasteiger partial charge in [-0.15, -0.1) is 0 Å². The zero-order valence-corrected chi connectivity index (χ0v) is 19.3. The van der Waals surface area contributed by atoms with Gasteiger partial charge in [0.1, 0.15) is 12.4 Å².